The lowest BCUT2D eigenvalue weighted by Gasteiger charge is -2.33. The standard InChI is InChI=1S/C24H25N3O5S/c28-23(18-32-24(29)21-8-10-22(11-9-21)25-12-4-5-13-25)26-14-16-27(17-15-26)33(30,31)19-20-6-2-1-3-7-20/h1-13H,14-19H2. The number of sulfonamides is 1. The summed E-state index contributed by atoms with van der Waals surface area (Å²) in [6, 6.07) is 19.7. The van der Waals surface area contributed by atoms with Gasteiger partial charge in [0.15, 0.2) is 6.61 Å². The van der Waals surface area contributed by atoms with Crippen LogP contribution in [0.15, 0.2) is 79.1 Å². The minimum atomic E-state index is -3.46. The molecule has 1 aliphatic rings. The molecular formula is C24H25N3O5S. The first-order valence-corrected chi connectivity index (χ1v) is 12.2. The number of carbonyl (C=O) groups is 2. The van der Waals surface area contributed by atoms with Gasteiger partial charge in [-0.2, -0.15) is 4.31 Å². The van der Waals surface area contributed by atoms with Crippen LogP contribution in [0, 0.1) is 0 Å². The van der Waals surface area contributed by atoms with Gasteiger partial charge in [0.1, 0.15) is 0 Å². The number of piperazine rings is 1. The van der Waals surface area contributed by atoms with E-state index < -0.39 is 16.0 Å². The number of benzene rings is 2. The molecule has 4 rings (SSSR count). The lowest BCUT2D eigenvalue weighted by atomic mass is 10.2. The molecule has 1 aliphatic heterocycles. The number of aromatic nitrogens is 1. The number of amides is 1. The summed E-state index contributed by atoms with van der Waals surface area (Å²) in [5.74, 6) is -0.985. The third-order valence-electron chi connectivity index (χ3n) is 5.51. The van der Waals surface area contributed by atoms with Crippen molar-refractivity contribution in [2.24, 2.45) is 0 Å². The molecule has 1 fully saturated rings. The minimum absolute atomic E-state index is 0.0669. The number of hydrogen-bond acceptors (Lipinski definition) is 5. The van der Waals surface area contributed by atoms with E-state index in [0.29, 0.717) is 5.56 Å². The Morgan fingerprint density at radius 1 is 0.818 bits per heavy atom. The Hall–Kier alpha value is -3.43. The van der Waals surface area contributed by atoms with Crippen LogP contribution in [0.1, 0.15) is 15.9 Å². The molecule has 0 bridgehead atoms. The smallest absolute Gasteiger partial charge is 0.338 e. The molecule has 0 unspecified atom stereocenters. The summed E-state index contributed by atoms with van der Waals surface area (Å²) >= 11 is 0. The molecule has 1 aromatic heterocycles. The second kappa shape index (κ2) is 10.0. The van der Waals surface area contributed by atoms with E-state index in [2.05, 4.69) is 0 Å². The van der Waals surface area contributed by atoms with Crippen molar-refractivity contribution in [3.05, 3.63) is 90.3 Å². The number of hydrogen-bond donors (Lipinski definition) is 0. The molecule has 2 heterocycles. The molecule has 0 radical (unpaired) electrons. The van der Waals surface area contributed by atoms with E-state index in [-0.39, 0.29) is 44.4 Å². The molecule has 33 heavy (non-hydrogen) atoms. The molecule has 0 N–H and O–H groups in total. The van der Waals surface area contributed by atoms with Gasteiger partial charge in [-0.15, -0.1) is 0 Å². The Labute approximate surface area is 193 Å². The molecule has 9 heteroatoms. The van der Waals surface area contributed by atoms with E-state index in [0.717, 1.165) is 11.3 Å². The van der Waals surface area contributed by atoms with Crippen molar-refractivity contribution in [1.82, 2.24) is 13.8 Å². The highest BCUT2D eigenvalue weighted by Gasteiger charge is 2.29. The third kappa shape index (κ3) is 5.68. The van der Waals surface area contributed by atoms with E-state index in [1.807, 2.05) is 35.2 Å². The Kier molecular flexibility index (Phi) is 6.90. The first-order chi connectivity index (χ1) is 15.9. The highest BCUT2D eigenvalue weighted by atomic mass is 32.2. The van der Waals surface area contributed by atoms with Crippen LogP contribution in [0.4, 0.5) is 0 Å². The molecule has 0 atom stereocenters. The monoisotopic (exact) mass is 467 g/mol. The predicted molar refractivity (Wildman–Crippen MR) is 123 cm³/mol. The second-order valence-electron chi connectivity index (χ2n) is 7.73. The van der Waals surface area contributed by atoms with Crippen molar-refractivity contribution in [3.8, 4) is 5.69 Å². The van der Waals surface area contributed by atoms with Crippen LogP contribution in [0.3, 0.4) is 0 Å². The Morgan fingerprint density at radius 2 is 1.45 bits per heavy atom. The molecule has 3 aromatic rings. The topological polar surface area (TPSA) is 88.9 Å². The summed E-state index contributed by atoms with van der Waals surface area (Å²) in [7, 11) is -3.46. The van der Waals surface area contributed by atoms with Crippen molar-refractivity contribution >= 4 is 21.9 Å². The number of rotatable bonds is 7. The maximum atomic E-state index is 12.7. The predicted octanol–water partition coefficient (Wildman–Crippen LogP) is 2.31. The number of nitrogens with zero attached hydrogens (tertiary/aromatic N) is 3. The summed E-state index contributed by atoms with van der Waals surface area (Å²) < 4.78 is 33.8. The van der Waals surface area contributed by atoms with Crippen molar-refractivity contribution in [2.45, 2.75) is 5.75 Å². The SMILES string of the molecule is O=C(OCC(=O)N1CCN(S(=O)(=O)Cc2ccccc2)CC1)c1ccc(-n2cccc2)cc1. The second-order valence-corrected chi connectivity index (χ2v) is 9.70. The normalized spacial score (nSPS) is 14.7. The average Bonchev–Trinajstić information content (AvgIpc) is 3.38. The molecule has 0 aliphatic carbocycles. The summed E-state index contributed by atoms with van der Waals surface area (Å²) in [5.41, 5.74) is 1.99. The van der Waals surface area contributed by atoms with E-state index in [1.54, 1.807) is 48.5 Å². The van der Waals surface area contributed by atoms with Gasteiger partial charge in [0.05, 0.1) is 11.3 Å². The van der Waals surface area contributed by atoms with Gasteiger partial charge in [0.25, 0.3) is 5.91 Å². The highest BCUT2D eigenvalue weighted by molar-refractivity contribution is 7.88. The zero-order valence-corrected chi connectivity index (χ0v) is 18.9. The lowest BCUT2D eigenvalue weighted by Crippen LogP contribution is -2.51. The molecule has 1 saturated heterocycles. The van der Waals surface area contributed by atoms with E-state index in [4.69, 9.17) is 4.74 Å². The van der Waals surface area contributed by atoms with Crippen molar-refractivity contribution in [3.63, 3.8) is 0 Å². The van der Waals surface area contributed by atoms with E-state index in [9.17, 15) is 18.0 Å². The Balaban J connectivity index is 1.25. The van der Waals surface area contributed by atoms with Gasteiger partial charge in [-0.25, -0.2) is 13.2 Å². The van der Waals surface area contributed by atoms with Gasteiger partial charge in [0.2, 0.25) is 10.0 Å². The number of ether oxygens (including phenoxy) is 1. The van der Waals surface area contributed by atoms with Gasteiger partial charge in [-0.1, -0.05) is 30.3 Å². The third-order valence-corrected chi connectivity index (χ3v) is 7.36. The molecule has 2 aromatic carbocycles. The lowest BCUT2D eigenvalue weighted by molar-refractivity contribution is -0.135. The van der Waals surface area contributed by atoms with Gasteiger partial charge in [-0.05, 0) is 42.0 Å². The largest absolute Gasteiger partial charge is 0.452 e. The van der Waals surface area contributed by atoms with Gasteiger partial charge < -0.3 is 14.2 Å². The van der Waals surface area contributed by atoms with E-state index >= 15 is 0 Å². The first kappa shape index (κ1) is 22.8. The summed E-state index contributed by atoms with van der Waals surface area (Å²) in [6.45, 7) is 0.576. The van der Waals surface area contributed by atoms with Crippen LogP contribution in [-0.2, 0) is 25.3 Å². The molecule has 0 spiro atoms. The number of esters is 1. The first-order valence-electron chi connectivity index (χ1n) is 10.6. The van der Waals surface area contributed by atoms with Crippen LogP contribution in [0.2, 0.25) is 0 Å². The van der Waals surface area contributed by atoms with Crippen LogP contribution in [0.5, 0.6) is 0 Å². The zero-order chi connectivity index (χ0) is 23.3. The van der Waals surface area contributed by atoms with Crippen LogP contribution in [-0.4, -0.2) is 66.9 Å². The van der Waals surface area contributed by atoms with Gasteiger partial charge in [-0.3, -0.25) is 4.79 Å². The van der Waals surface area contributed by atoms with Crippen molar-refractivity contribution in [2.75, 3.05) is 32.8 Å². The number of carbonyl (C=O) groups excluding carboxylic acids is 2. The van der Waals surface area contributed by atoms with Crippen LogP contribution >= 0.6 is 0 Å². The Bertz CT molecular complexity index is 1180. The van der Waals surface area contributed by atoms with Crippen LogP contribution < -0.4 is 0 Å². The van der Waals surface area contributed by atoms with Crippen LogP contribution in [0.25, 0.3) is 5.69 Å². The average molecular weight is 468 g/mol. The molecule has 0 saturated carbocycles. The Morgan fingerprint density at radius 3 is 2.09 bits per heavy atom. The molecule has 8 nitrogen and oxygen atoms in total. The summed E-state index contributed by atoms with van der Waals surface area (Å²) in [4.78, 5) is 26.3. The van der Waals surface area contributed by atoms with Crippen molar-refractivity contribution < 1.29 is 22.7 Å². The quantitative estimate of drug-likeness (QED) is 0.498. The fraction of sp³-hybridized carbons (Fsp3) is 0.250. The summed E-state index contributed by atoms with van der Waals surface area (Å²) in [5, 5.41) is 0. The molecular weight excluding hydrogens is 442 g/mol. The summed E-state index contributed by atoms with van der Waals surface area (Å²) in [6.07, 6.45) is 3.80. The minimum Gasteiger partial charge on any atom is -0.452 e. The fourth-order valence-corrected chi connectivity index (χ4v) is 5.19. The van der Waals surface area contributed by atoms with Gasteiger partial charge >= 0.3 is 5.97 Å². The molecule has 1 amide bonds. The highest BCUT2D eigenvalue weighted by Crippen LogP contribution is 2.14. The van der Waals surface area contributed by atoms with Crippen molar-refractivity contribution in [1.29, 1.82) is 0 Å². The maximum absolute atomic E-state index is 12.7. The molecule has 172 valence electrons. The zero-order valence-electron chi connectivity index (χ0n) is 18.0. The van der Waals surface area contributed by atoms with E-state index in [1.165, 1.54) is 9.21 Å². The maximum Gasteiger partial charge on any atom is 0.338 e. The van der Waals surface area contributed by atoms with Gasteiger partial charge in [0, 0.05) is 44.3 Å². The fourth-order valence-electron chi connectivity index (χ4n) is 3.67.